The van der Waals surface area contributed by atoms with E-state index in [9.17, 15) is 9.36 Å². The van der Waals surface area contributed by atoms with Crippen LogP contribution in [0, 0.1) is 26.7 Å². The van der Waals surface area contributed by atoms with E-state index in [-0.39, 0.29) is 5.78 Å². The summed E-state index contributed by atoms with van der Waals surface area (Å²) in [4.78, 5) is 13.3. The first-order valence-electron chi connectivity index (χ1n) is 10.0. The molecule has 27 heavy (non-hydrogen) atoms. The summed E-state index contributed by atoms with van der Waals surface area (Å²) in [6.45, 7) is 10.4. The molecule has 0 saturated carbocycles. The van der Waals surface area contributed by atoms with Crippen molar-refractivity contribution in [1.82, 2.24) is 0 Å². The largest absolute Gasteiger partial charge is 0.377 e. The standard InChI is InChI=1S/C24H32O2P/c1-6-8-11-20(7-2)16-27(26)22-13-10-9-12-21(22)24(25)23-18(4)14-17(3)15-19(23)5/h9-10,12-15,20H,6-8,11,16H2,1-5H3/q+1. The Morgan fingerprint density at radius 1 is 1.04 bits per heavy atom. The molecule has 2 aromatic carbocycles. The van der Waals surface area contributed by atoms with E-state index in [0.717, 1.165) is 41.5 Å². The van der Waals surface area contributed by atoms with Crippen LogP contribution in [0.2, 0.25) is 0 Å². The minimum atomic E-state index is -1.58. The molecular formula is C24H32O2P+. The minimum absolute atomic E-state index is 0.00874. The second-order valence-corrected chi connectivity index (χ2v) is 9.20. The number of rotatable bonds is 9. The summed E-state index contributed by atoms with van der Waals surface area (Å²) in [7, 11) is -1.58. The molecule has 0 saturated heterocycles. The van der Waals surface area contributed by atoms with Gasteiger partial charge >= 0.3 is 7.80 Å². The van der Waals surface area contributed by atoms with Crippen LogP contribution in [0.5, 0.6) is 0 Å². The molecular weight excluding hydrogens is 351 g/mol. The summed E-state index contributed by atoms with van der Waals surface area (Å²) >= 11 is 0. The Bertz CT molecular complexity index is 800. The molecule has 0 heterocycles. The van der Waals surface area contributed by atoms with E-state index in [1.54, 1.807) is 0 Å². The van der Waals surface area contributed by atoms with Gasteiger partial charge in [0.25, 0.3) is 0 Å². The second-order valence-electron chi connectivity index (χ2n) is 7.60. The first-order chi connectivity index (χ1) is 12.9. The van der Waals surface area contributed by atoms with Crippen molar-refractivity contribution in [2.24, 2.45) is 5.92 Å². The Morgan fingerprint density at radius 2 is 1.67 bits per heavy atom. The fourth-order valence-corrected chi connectivity index (χ4v) is 5.61. The normalized spacial score (nSPS) is 12.7. The monoisotopic (exact) mass is 383 g/mol. The highest BCUT2D eigenvalue weighted by molar-refractivity contribution is 7.53. The maximum Gasteiger partial charge on any atom is 0.377 e. The minimum Gasteiger partial charge on any atom is -0.288 e. The van der Waals surface area contributed by atoms with E-state index >= 15 is 0 Å². The summed E-state index contributed by atoms with van der Waals surface area (Å²) in [5.41, 5.74) is 4.46. The fourth-order valence-electron chi connectivity index (χ4n) is 3.81. The van der Waals surface area contributed by atoms with Crippen molar-refractivity contribution in [3.8, 4) is 0 Å². The molecule has 2 atom stereocenters. The lowest BCUT2D eigenvalue weighted by Crippen LogP contribution is -2.17. The van der Waals surface area contributed by atoms with Gasteiger partial charge in [-0.05, 0) is 56.9 Å². The highest BCUT2D eigenvalue weighted by Gasteiger charge is 2.30. The Balaban J connectivity index is 2.35. The highest BCUT2D eigenvalue weighted by atomic mass is 31.1. The summed E-state index contributed by atoms with van der Waals surface area (Å²) in [6, 6.07) is 11.5. The third kappa shape index (κ3) is 5.36. The van der Waals surface area contributed by atoms with Gasteiger partial charge in [0.2, 0.25) is 5.30 Å². The fraction of sp³-hybridized carbons (Fsp3) is 0.458. The van der Waals surface area contributed by atoms with Crippen molar-refractivity contribution >= 4 is 18.9 Å². The van der Waals surface area contributed by atoms with E-state index in [0.29, 0.717) is 22.9 Å². The topological polar surface area (TPSA) is 34.1 Å². The molecule has 0 aliphatic rings. The van der Waals surface area contributed by atoms with Crippen molar-refractivity contribution in [3.05, 3.63) is 64.2 Å². The molecule has 0 N–H and O–H groups in total. The maximum atomic E-state index is 13.3. The number of hydrogen-bond donors (Lipinski definition) is 0. The van der Waals surface area contributed by atoms with Gasteiger partial charge in [0.05, 0.1) is 5.56 Å². The number of unbranched alkanes of at least 4 members (excludes halogenated alkanes) is 1. The van der Waals surface area contributed by atoms with Crippen LogP contribution < -0.4 is 5.30 Å². The zero-order valence-corrected chi connectivity index (χ0v) is 18.2. The van der Waals surface area contributed by atoms with Crippen LogP contribution in [0.25, 0.3) is 0 Å². The van der Waals surface area contributed by atoms with Crippen LogP contribution >= 0.6 is 7.80 Å². The number of hydrogen-bond acceptors (Lipinski definition) is 2. The molecule has 144 valence electrons. The third-order valence-corrected chi connectivity index (χ3v) is 7.06. The molecule has 2 rings (SSSR count). The lowest BCUT2D eigenvalue weighted by Gasteiger charge is -2.11. The summed E-state index contributed by atoms with van der Waals surface area (Å²) < 4.78 is 13.2. The van der Waals surface area contributed by atoms with E-state index in [2.05, 4.69) is 13.8 Å². The Labute approximate surface area is 165 Å². The van der Waals surface area contributed by atoms with Crippen LogP contribution in [0.15, 0.2) is 36.4 Å². The highest BCUT2D eigenvalue weighted by Crippen LogP contribution is 2.30. The van der Waals surface area contributed by atoms with Gasteiger partial charge in [-0.15, -0.1) is 0 Å². The zero-order valence-electron chi connectivity index (χ0n) is 17.3. The Morgan fingerprint density at radius 3 is 2.26 bits per heavy atom. The molecule has 0 radical (unpaired) electrons. The number of ketones is 1. The van der Waals surface area contributed by atoms with Crippen LogP contribution in [-0.2, 0) is 4.57 Å². The molecule has 2 aromatic rings. The van der Waals surface area contributed by atoms with Gasteiger partial charge in [-0.3, -0.25) is 4.79 Å². The predicted molar refractivity (Wildman–Crippen MR) is 116 cm³/mol. The molecule has 3 heteroatoms. The van der Waals surface area contributed by atoms with E-state index in [4.69, 9.17) is 0 Å². The maximum absolute atomic E-state index is 13.3. The van der Waals surface area contributed by atoms with Crippen molar-refractivity contribution in [2.45, 2.75) is 60.3 Å². The molecule has 0 aliphatic heterocycles. The van der Waals surface area contributed by atoms with Gasteiger partial charge in [-0.2, -0.15) is 0 Å². The number of carbonyl (C=O) groups is 1. The SMILES string of the molecule is CCCCC(CC)C[P+](=O)c1ccccc1C(=O)c1c(C)cc(C)cc1C. The van der Waals surface area contributed by atoms with E-state index in [1.807, 2.05) is 57.2 Å². The zero-order chi connectivity index (χ0) is 20.0. The quantitative estimate of drug-likeness (QED) is 0.365. The van der Waals surface area contributed by atoms with E-state index < -0.39 is 7.80 Å². The molecule has 0 amide bonds. The third-order valence-electron chi connectivity index (χ3n) is 5.29. The summed E-state index contributed by atoms with van der Waals surface area (Å²) in [5.74, 6) is 0.449. The van der Waals surface area contributed by atoms with Gasteiger partial charge in [0.15, 0.2) is 11.9 Å². The molecule has 0 spiro atoms. The van der Waals surface area contributed by atoms with Crippen molar-refractivity contribution in [2.75, 3.05) is 6.16 Å². The predicted octanol–water partition coefficient (Wildman–Crippen LogP) is 6.51. The molecule has 0 bridgehead atoms. The first kappa shape index (κ1) is 21.5. The lowest BCUT2D eigenvalue weighted by atomic mass is 9.93. The number of aryl methyl sites for hydroxylation is 3. The average molecular weight is 383 g/mol. The van der Waals surface area contributed by atoms with Gasteiger partial charge in [0, 0.05) is 11.5 Å². The van der Waals surface area contributed by atoms with Crippen LogP contribution in [-0.4, -0.2) is 11.9 Å². The summed E-state index contributed by atoms with van der Waals surface area (Å²) in [5, 5.41) is 0.715. The van der Waals surface area contributed by atoms with Crippen molar-refractivity contribution in [1.29, 1.82) is 0 Å². The molecule has 0 fully saturated rings. The van der Waals surface area contributed by atoms with Gasteiger partial charge < -0.3 is 0 Å². The first-order valence-corrected chi connectivity index (χ1v) is 11.5. The van der Waals surface area contributed by atoms with Gasteiger partial charge in [-0.1, -0.05) is 61.1 Å². The van der Waals surface area contributed by atoms with Crippen LogP contribution in [0.3, 0.4) is 0 Å². The van der Waals surface area contributed by atoms with Gasteiger partial charge in [-0.25, -0.2) is 0 Å². The molecule has 0 aliphatic carbocycles. The summed E-state index contributed by atoms with van der Waals surface area (Å²) in [6.07, 6.45) is 5.15. The molecule has 2 unspecified atom stereocenters. The van der Waals surface area contributed by atoms with Gasteiger partial charge in [0.1, 0.15) is 0 Å². The molecule has 2 nitrogen and oxygen atoms in total. The van der Waals surface area contributed by atoms with E-state index in [1.165, 1.54) is 6.42 Å². The van der Waals surface area contributed by atoms with Crippen LogP contribution in [0.1, 0.15) is 72.1 Å². The molecule has 0 aromatic heterocycles. The Hall–Kier alpha value is -1.79. The number of benzene rings is 2. The lowest BCUT2D eigenvalue weighted by molar-refractivity contribution is 0.103. The Kier molecular flexibility index (Phi) is 7.92. The number of carbonyl (C=O) groups excluding carboxylic acids is 1. The smallest absolute Gasteiger partial charge is 0.288 e. The van der Waals surface area contributed by atoms with Crippen molar-refractivity contribution < 1.29 is 9.36 Å². The van der Waals surface area contributed by atoms with Crippen molar-refractivity contribution in [3.63, 3.8) is 0 Å². The average Bonchev–Trinajstić information content (AvgIpc) is 2.64. The van der Waals surface area contributed by atoms with Crippen LogP contribution in [0.4, 0.5) is 0 Å². The second kappa shape index (κ2) is 9.95.